The van der Waals surface area contributed by atoms with E-state index in [2.05, 4.69) is 18.6 Å². The van der Waals surface area contributed by atoms with Gasteiger partial charge >= 0.3 is 0 Å². The lowest BCUT2D eigenvalue weighted by molar-refractivity contribution is 0.114. The van der Waals surface area contributed by atoms with E-state index in [0.29, 0.717) is 38.0 Å². The normalized spacial score (nSPS) is 12.2. The summed E-state index contributed by atoms with van der Waals surface area (Å²) in [5.41, 5.74) is 0. The van der Waals surface area contributed by atoms with Crippen LogP contribution in [0.3, 0.4) is 0 Å². The molecule has 0 saturated heterocycles. The maximum Gasteiger partial charge on any atom is 0.211 e. The lowest BCUT2D eigenvalue weighted by Crippen LogP contribution is -2.30. The molecule has 0 aliphatic heterocycles. The Bertz CT molecular complexity index is 255. The maximum absolute atomic E-state index is 11.4. The van der Waals surface area contributed by atoms with Crippen molar-refractivity contribution in [2.75, 3.05) is 31.4 Å². The van der Waals surface area contributed by atoms with E-state index in [1.807, 2.05) is 0 Å². The number of sulfonamides is 1. The van der Waals surface area contributed by atoms with Crippen LogP contribution in [0.25, 0.3) is 0 Å². The first-order valence-corrected chi connectivity index (χ1v) is 7.77. The third kappa shape index (κ3) is 10.7. The number of ether oxygens (including phenoxy) is 1. The molecule has 0 aliphatic rings. The SMILES string of the molecule is CC(C)COCCNS(=O)(=O)CCCCCl. The Hall–Kier alpha value is 0.160. The lowest BCUT2D eigenvalue weighted by Gasteiger charge is -2.08. The fourth-order valence-electron chi connectivity index (χ4n) is 1.05. The van der Waals surface area contributed by atoms with Crippen LogP contribution in [0.5, 0.6) is 0 Å². The third-order valence-electron chi connectivity index (χ3n) is 1.82. The molecule has 0 aromatic rings. The first kappa shape index (κ1) is 16.2. The smallest absolute Gasteiger partial charge is 0.211 e. The van der Waals surface area contributed by atoms with Gasteiger partial charge in [-0.2, -0.15) is 0 Å². The Kier molecular flexibility index (Phi) is 9.31. The number of unbranched alkanes of at least 4 members (excludes halogenated alkanes) is 1. The molecule has 0 heterocycles. The summed E-state index contributed by atoms with van der Waals surface area (Å²) in [6.07, 6.45) is 1.33. The highest BCUT2D eigenvalue weighted by Gasteiger charge is 2.08. The van der Waals surface area contributed by atoms with Gasteiger partial charge in [-0.05, 0) is 18.8 Å². The van der Waals surface area contributed by atoms with Crippen LogP contribution in [-0.2, 0) is 14.8 Å². The van der Waals surface area contributed by atoms with E-state index in [-0.39, 0.29) is 5.75 Å². The molecule has 0 spiro atoms. The Morgan fingerprint density at radius 2 is 2.00 bits per heavy atom. The van der Waals surface area contributed by atoms with Crippen molar-refractivity contribution >= 4 is 21.6 Å². The second-order valence-corrected chi connectivity index (χ2v) is 6.38. The van der Waals surface area contributed by atoms with Crippen LogP contribution in [0.1, 0.15) is 26.7 Å². The highest BCUT2D eigenvalue weighted by Crippen LogP contribution is 1.96. The van der Waals surface area contributed by atoms with Crippen LogP contribution in [0.4, 0.5) is 0 Å². The van der Waals surface area contributed by atoms with Crippen LogP contribution < -0.4 is 4.72 Å². The average molecular weight is 272 g/mol. The summed E-state index contributed by atoms with van der Waals surface area (Å²) in [4.78, 5) is 0. The number of hydrogen-bond acceptors (Lipinski definition) is 3. The molecule has 0 aromatic carbocycles. The van der Waals surface area contributed by atoms with Gasteiger partial charge in [-0.15, -0.1) is 11.6 Å². The third-order valence-corrected chi connectivity index (χ3v) is 3.55. The summed E-state index contributed by atoms with van der Waals surface area (Å²) >= 11 is 5.47. The first-order chi connectivity index (χ1) is 7.48. The van der Waals surface area contributed by atoms with E-state index in [9.17, 15) is 8.42 Å². The minimum Gasteiger partial charge on any atom is -0.380 e. The zero-order valence-corrected chi connectivity index (χ0v) is 11.6. The van der Waals surface area contributed by atoms with Crippen LogP contribution in [-0.4, -0.2) is 39.8 Å². The van der Waals surface area contributed by atoms with Gasteiger partial charge in [0.2, 0.25) is 10.0 Å². The van der Waals surface area contributed by atoms with Crippen molar-refractivity contribution in [2.45, 2.75) is 26.7 Å². The van der Waals surface area contributed by atoms with E-state index in [1.165, 1.54) is 0 Å². The number of rotatable bonds is 10. The zero-order chi connectivity index (χ0) is 12.4. The van der Waals surface area contributed by atoms with E-state index < -0.39 is 10.0 Å². The summed E-state index contributed by atoms with van der Waals surface area (Å²) in [5.74, 6) is 1.12. The summed E-state index contributed by atoms with van der Waals surface area (Å²) in [6, 6.07) is 0. The molecule has 0 radical (unpaired) electrons. The molecular weight excluding hydrogens is 250 g/mol. The molecule has 0 aromatic heterocycles. The van der Waals surface area contributed by atoms with Gasteiger partial charge < -0.3 is 4.74 Å². The van der Waals surface area contributed by atoms with Gasteiger partial charge in [0, 0.05) is 19.0 Å². The molecule has 0 unspecified atom stereocenters. The van der Waals surface area contributed by atoms with Crippen molar-refractivity contribution in [1.29, 1.82) is 0 Å². The fraction of sp³-hybridized carbons (Fsp3) is 1.00. The molecule has 4 nitrogen and oxygen atoms in total. The quantitative estimate of drug-likeness (QED) is 0.485. The number of nitrogens with one attached hydrogen (secondary N) is 1. The molecular formula is C10H22ClNO3S. The molecule has 0 fully saturated rings. The predicted molar refractivity (Wildman–Crippen MR) is 67.4 cm³/mol. The second-order valence-electron chi connectivity index (χ2n) is 4.08. The van der Waals surface area contributed by atoms with E-state index >= 15 is 0 Å². The molecule has 0 aliphatic carbocycles. The summed E-state index contributed by atoms with van der Waals surface area (Å²) < 4.78 is 30.5. The van der Waals surface area contributed by atoms with Crippen molar-refractivity contribution in [3.8, 4) is 0 Å². The van der Waals surface area contributed by atoms with Gasteiger partial charge in [0.15, 0.2) is 0 Å². The van der Waals surface area contributed by atoms with Gasteiger partial charge in [-0.1, -0.05) is 13.8 Å². The number of halogens is 1. The number of alkyl halides is 1. The van der Waals surface area contributed by atoms with Gasteiger partial charge in [-0.25, -0.2) is 13.1 Å². The second kappa shape index (κ2) is 9.22. The standard InChI is InChI=1S/C10H22ClNO3S/c1-10(2)9-15-7-6-12-16(13,14)8-4-3-5-11/h10,12H,3-9H2,1-2H3. The largest absolute Gasteiger partial charge is 0.380 e. The summed E-state index contributed by atoms with van der Waals surface area (Å²) in [7, 11) is -3.14. The average Bonchev–Trinajstić information content (AvgIpc) is 2.16. The minimum absolute atomic E-state index is 0.143. The number of hydrogen-bond donors (Lipinski definition) is 1. The molecule has 0 rings (SSSR count). The molecule has 6 heteroatoms. The van der Waals surface area contributed by atoms with Crippen LogP contribution in [0.2, 0.25) is 0 Å². The van der Waals surface area contributed by atoms with Crippen molar-refractivity contribution in [3.63, 3.8) is 0 Å². The molecule has 1 N–H and O–H groups in total. The van der Waals surface area contributed by atoms with Crippen molar-refractivity contribution in [3.05, 3.63) is 0 Å². The lowest BCUT2D eigenvalue weighted by atomic mass is 10.2. The Labute approximate surface area is 104 Å². The van der Waals surface area contributed by atoms with Crippen molar-refractivity contribution < 1.29 is 13.2 Å². The van der Waals surface area contributed by atoms with Gasteiger partial charge in [0.1, 0.15) is 0 Å². The van der Waals surface area contributed by atoms with E-state index in [0.717, 1.165) is 6.42 Å². The van der Waals surface area contributed by atoms with Crippen molar-refractivity contribution in [2.24, 2.45) is 5.92 Å². The predicted octanol–water partition coefficient (Wildman–Crippen LogP) is 1.60. The molecule has 0 amide bonds. The summed E-state index contributed by atoms with van der Waals surface area (Å²) in [6.45, 7) is 5.53. The first-order valence-electron chi connectivity index (χ1n) is 5.59. The Balaban J connectivity index is 3.51. The van der Waals surface area contributed by atoms with E-state index in [1.54, 1.807) is 0 Å². The van der Waals surface area contributed by atoms with Crippen molar-refractivity contribution in [1.82, 2.24) is 4.72 Å². The Morgan fingerprint density at radius 1 is 1.31 bits per heavy atom. The van der Waals surface area contributed by atoms with Crippen LogP contribution in [0.15, 0.2) is 0 Å². The van der Waals surface area contributed by atoms with Gasteiger partial charge in [-0.3, -0.25) is 0 Å². The molecule has 0 saturated carbocycles. The molecule has 0 atom stereocenters. The van der Waals surface area contributed by atoms with Gasteiger partial charge in [0.25, 0.3) is 0 Å². The molecule has 0 bridgehead atoms. The summed E-state index contributed by atoms with van der Waals surface area (Å²) in [5, 5.41) is 0. The zero-order valence-electron chi connectivity index (χ0n) is 10.0. The van der Waals surface area contributed by atoms with Gasteiger partial charge in [0.05, 0.1) is 12.4 Å². The highest BCUT2D eigenvalue weighted by molar-refractivity contribution is 7.89. The highest BCUT2D eigenvalue weighted by atomic mass is 35.5. The molecule has 16 heavy (non-hydrogen) atoms. The molecule has 98 valence electrons. The van der Waals surface area contributed by atoms with E-state index in [4.69, 9.17) is 16.3 Å². The van der Waals surface area contributed by atoms with Crippen LogP contribution in [0, 0.1) is 5.92 Å². The van der Waals surface area contributed by atoms with Crippen LogP contribution >= 0.6 is 11.6 Å². The maximum atomic E-state index is 11.4. The monoisotopic (exact) mass is 271 g/mol. The Morgan fingerprint density at radius 3 is 2.56 bits per heavy atom. The minimum atomic E-state index is -3.14. The fourth-order valence-corrected chi connectivity index (χ4v) is 2.36. The topological polar surface area (TPSA) is 55.4 Å².